The molecule has 0 spiro atoms. The summed E-state index contributed by atoms with van der Waals surface area (Å²) in [5.41, 5.74) is 6.45. The zero-order valence-corrected chi connectivity index (χ0v) is 9.48. The summed E-state index contributed by atoms with van der Waals surface area (Å²) in [4.78, 5) is 0. The second-order valence-corrected chi connectivity index (χ2v) is 2.55. The van der Waals surface area contributed by atoms with E-state index in [0.29, 0.717) is 0 Å². The Hall–Kier alpha value is -0.450. The molecule has 0 aromatic carbocycles. The SMILES string of the molecule is COc1cn(C)nc1C(C)N.Cl.Cl. The molecule has 6 heteroatoms. The summed E-state index contributed by atoms with van der Waals surface area (Å²) >= 11 is 0. The van der Waals surface area contributed by atoms with Crippen LogP contribution in [0.5, 0.6) is 5.75 Å². The zero-order chi connectivity index (χ0) is 8.43. The number of aryl methyl sites for hydroxylation is 1. The van der Waals surface area contributed by atoms with Gasteiger partial charge in [0.1, 0.15) is 5.69 Å². The quantitative estimate of drug-likeness (QED) is 0.829. The summed E-state index contributed by atoms with van der Waals surface area (Å²) in [6.07, 6.45) is 1.80. The van der Waals surface area contributed by atoms with Crippen molar-refractivity contribution >= 4 is 24.8 Å². The van der Waals surface area contributed by atoms with Gasteiger partial charge in [-0.25, -0.2) is 0 Å². The van der Waals surface area contributed by atoms with E-state index in [4.69, 9.17) is 10.5 Å². The Morgan fingerprint density at radius 2 is 2.08 bits per heavy atom. The van der Waals surface area contributed by atoms with Crippen molar-refractivity contribution in [2.45, 2.75) is 13.0 Å². The molecule has 1 unspecified atom stereocenters. The van der Waals surface area contributed by atoms with Gasteiger partial charge in [0.15, 0.2) is 5.75 Å². The number of aromatic nitrogens is 2. The molecule has 13 heavy (non-hydrogen) atoms. The summed E-state index contributed by atoms with van der Waals surface area (Å²) in [5, 5.41) is 4.15. The topological polar surface area (TPSA) is 53.1 Å². The highest BCUT2D eigenvalue weighted by molar-refractivity contribution is 5.85. The summed E-state index contributed by atoms with van der Waals surface area (Å²) in [7, 11) is 3.46. The molecule has 0 saturated heterocycles. The number of halogens is 2. The minimum Gasteiger partial charge on any atom is -0.493 e. The van der Waals surface area contributed by atoms with Gasteiger partial charge in [0.25, 0.3) is 0 Å². The lowest BCUT2D eigenvalue weighted by Crippen LogP contribution is -2.07. The van der Waals surface area contributed by atoms with E-state index in [2.05, 4.69) is 5.10 Å². The zero-order valence-electron chi connectivity index (χ0n) is 7.85. The Bertz CT molecular complexity index is 250. The summed E-state index contributed by atoms with van der Waals surface area (Å²) in [6.45, 7) is 1.88. The van der Waals surface area contributed by atoms with Crippen molar-refractivity contribution in [1.29, 1.82) is 0 Å². The number of hydrogen-bond donors (Lipinski definition) is 1. The molecular formula is C7H15Cl2N3O. The van der Waals surface area contributed by atoms with Gasteiger partial charge in [-0.3, -0.25) is 4.68 Å². The van der Waals surface area contributed by atoms with E-state index in [-0.39, 0.29) is 30.9 Å². The number of nitrogens with two attached hydrogens (primary N) is 1. The first-order chi connectivity index (χ1) is 5.15. The van der Waals surface area contributed by atoms with Gasteiger partial charge in [0, 0.05) is 13.1 Å². The highest BCUT2D eigenvalue weighted by atomic mass is 35.5. The van der Waals surface area contributed by atoms with Crippen LogP contribution in [-0.2, 0) is 7.05 Å². The monoisotopic (exact) mass is 227 g/mol. The molecule has 0 radical (unpaired) electrons. The van der Waals surface area contributed by atoms with Crippen molar-refractivity contribution in [3.63, 3.8) is 0 Å². The number of nitrogens with zero attached hydrogens (tertiary/aromatic N) is 2. The molecule has 0 aliphatic carbocycles. The normalized spacial score (nSPS) is 11.1. The molecule has 1 rings (SSSR count). The van der Waals surface area contributed by atoms with Crippen LogP contribution in [0.3, 0.4) is 0 Å². The standard InChI is InChI=1S/C7H13N3O.2ClH/c1-5(8)7-6(11-3)4-10(2)9-7;;/h4-5H,8H2,1-3H3;2*1H. The van der Waals surface area contributed by atoms with Crippen molar-refractivity contribution in [3.05, 3.63) is 11.9 Å². The van der Waals surface area contributed by atoms with Crippen molar-refractivity contribution in [2.75, 3.05) is 7.11 Å². The molecule has 2 N–H and O–H groups in total. The third kappa shape index (κ3) is 3.42. The van der Waals surface area contributed by atoms with Crippen molar-refractivity contribution < 1.29 is 4.74 Å². The van der Waals surface area contributed by atoms with Crippen molar-refractivity contribution in [3.8, 4) is 5.75 Å². The predicted octanol–water partition coefficient (Wildman–Crippen LogP) is 1.29. The summed E-state index contributed by atoms with van der Waals surface area (Å²) < 4.78 is 6.76. The van der Waals surface area contributed by atoms with Gasteiger partial charge >= 0.3 is 0 Å². The summed E-state index contributed by atoms with van der Waals surface area (Å²) in [6, 6.07) is -0.0776. The largest absolute Gasteiger partial charge is 0.493 e. The number of methoxy groups -OCH3 is 1. The van der Waals surface area contributed by atoms with E-state index in [0.717, 1.165) is 11.4 Å². The maximum atomic E-state index is 5.65. The highest BCUT2D eigenvalue weighted by Gasteiger charge is 2.10. The van der Waals surface area contributed by atoms with E-state index < -0.39 is 0 Å². The molecule has 78 valence electrons. The number of hydrogen-bond acceptors (Lipinski definition) is 3. The van der Waals surface area contributed by atoms with Gasteiger partial charge < -0.3 is 10.5 Å². The Morgan fingerprint density at radius 3 is 2.38 bits per heavy atom. The predicted molar refractivity (Wildman–Crippen MR) is 56.9 cm³/mol. The van der Waals surface area contributed by atoms with Crippen LogP contribution in [0.4, 0.5) is 0 Å². The second kappa shape index (κ2) is 6.07. The highest BCUT2D eigenvalue weighted by Crippen LogP contribution is 2.20. The van der Waals surface area contributed by atoms with Crippen LogP contribution < -0.4 is 10.5 Å². The van der Waals surface area contributed by atoms with E-state index in [1.54, 1.807) is 18.0 Å². The fourth-order valence-corrected chi connectivity index (χ4v) is 0.957. The maximum absolute atomic E-state index is 5.65. The van der Waals surface area contributed by atoms with Gasteiger partial charge in [0.05, 0.1) is 13.3 Å². The number of ether oxygens (including phenoxy) is 1. The lowest BCUT2D eigenvalue weighted by molar-refractivity contribution is 0.406. The molecule has 1 aromatic heterocycles. The molecule has 1 heterocycles. The molecule has 0 bridgehead atoms. The second-order valence-electron chi connectivity index (χ2n) is 2.55. The lowest BCUT2D eigenvalue weighted by Gasteiger charge is -2.02. The molecule has 0 fully saturated rings. The average molecular weight is 228 g/mol. The van der Waals surface area contributed by atoms with Crippen LogP contribution in [0, 0.1) is 0 Å². The third-order valence-corrected chi connectivity index (χ3v) is 1.47. The smallest absolute Gasteiger partial charge is 0.161 e. The summed E-state index contributed by atoms with van der Waals surface area (Å²) in [5.74, 6) is 0.752. The molecule has 0 aliphatic rings. The van der Waals surface area contributed by atoms with Crippen LogP contribution >= 0.6 is 24.8 Å². The Labute approximate surface area is 90.3 Å². The van der Waals surface area contributed by atoms with Gasteiger partial charge in [-0.15, -0.1) is 24.8 Å². The maximum Gasteiger partial charge on any atom is 0.161 e. The fourth-order valence-electron chi connectivity index (χ4n) is 0.957. The average Bonchev–Trinajstić information content (AvgIpc) is 2.30. The van der Waals surface area contributed by atoms with E-state index in [1.165, 1.54) is 0 Å². The first-order valence-corrected chi connectivity index (χ1v) is 3.48. The third-order valence-electron chi connectivity index (χ3n) is 1.47. The van der Waals surface area contributed by atoms with Crippen LogP contribution in [0.15, 0.2) is 6.20 Å². The molecule has 0 amide bonds. The first kappa shape index (κ1) is 15.0. The molecular weight excluding hydrogens is 213 g/mol. The number of rotatable bonds is 2. The van der Waals surface area contributed by atoms with Crippen LogP contribution in [0.1, 0.15) is 18.7 Å². The van der Waals surface area contributed by atoms with Crippen LogP contribution in [-0.4, -0.2) is 16.9 Å². The fraction of sp³-hybridized carbons (Fsp3) is 0.571. The molecule has 0 saturated carbocycles. The first-order valence-electron chi connectivity index (χ1n) is 3.48. The van der Waals surface area contributed by atoms with E-state index >= 15 is 0 Å². The Morgan fingerprint density at radius 1 is 1.54 bits per heavy atom. The van der Waals surface area contributed by atoms with Gasteiger partial charge in [-0.05, 0) is 6.92 Å². The molecule has 1 atom stereocenters. The van der Waals surface area contributed by atoms with Gasteiger partial charge in [0.2, 0.25) is 0 Å². The van der Waals surface area contributed by atoms with Crippen LogP contribution in [0.25, 0.3) is 0 Å². The minimum absolute atomic E-state index is 0. The molecule has 0 aliphatic heterocycles. The molecule has 1 aromatic rings. The lowest BCUT2D eigenvalue weighted by atomic mass is 10.2. The van der Waals surface area contributed by atoms with Crippen molar-refractivity contribution in [2.24, 2.45) is 12.8 Å². The van der Waals surface area contributed by atoms with E-state index in [1.807, 2.05) is 14.0 Å². The minimum atomic E-state index is -0.0776. The Kier molecular flexibility index (Phi) is 7.03. The van der Waals surface area contributed by atoms with E-state index in [9.17, 15) is 0 Å². The molecule has 4 nitrogen and oxygen atoms in total. The van der Waals surface area contributed by atoms with Gasteiger partial charge in [-0.2, -0.15) is 5.10 Å². The van der Waals surface area contributed by atoms with Crippen molar-refractivity contribution in [1.82, 2.24) is 9.78 Å². The Balaban J connectivity index is 0. The van der Waals surface area contributed by atoms with Gasteiger partial charge in [-0.1, -0.05) is 0 Å². The van der Waals surface area contributed by atoms with Crippen LogP contribution in [0.2, 0.25) is 0 Å².